The van der Waals surface area contributed by atoms with E-state index in [1.807, 2.05) is 19.1 Å². The molecule has 0 radical (unpaired) electrons. The van der Waals surface area contributed by atoms with Gasteiger partial charge in [0.05, 0.1) is 17.6 Å². The second-order valence-electron chi connectivity index (χ2n) is 4.72. The van der Waals surface area contributed by atoms with Crippen molar-refractivity contribution in [3.63, 3.8) is 0 Å². The fourth-order valence-electron chi connectivity index (χ4n) is 1.82. The monoisotopic (exact) mass is 270 g/mol. The van der Waals surface area contributed by atoms with Gasteiger partial charge in [0, 0.05) is 19.2 Å². The van der Waals surface area contributed by atoms with Gasteiger partial charge in [0.25, 0.3) is 5.91 Å². The minimum absolute atomic E-state index is 0.172. The topological polar surface area (TPSA) is 64.3 Å². The van der Waals surface area contributed by atoms with Crippen LogP contribution in [-0.2, 0) is 0 Å². The van der Waals surface area contributed by atoms with Crippen LogP contribution in [0.5, 0.6) is 0 Å². The van der Waals surface area contributed by atoms with E-state index in [2.05, 4.69) is 17.9 Å². The lowest BCUT2D eigenvalue weighted by Crippen LogP contribution is -2.31. The first-order valence-electron chi connectivity index (χ1n) is 6.35. The van der Waals surface area contributed by atoms with E-state index in [4.69, 9.17) is 10.4 Å². The van der Waals surface area contributed by atoms with Gasteiger partial charge in [0.1, 0.15) is 6.61 Å². The number of hydrogen-bond acceptors (Lipinski definition) is 3. The molecule has 1 aromatic rings. The summed E-state index contributed by atoms with van der Waals surface area (Å²) in [5.41, 5.74) is 2.08. The molecular formula is C16H18N2O2. The Bertz CT molecular complexity index is 591. The predicted octanol–water partition coefficient (Wildman–Crippen LogP) is 1.57. The summed E-state index contributed by atoms with van der Waals surface area (Å²) in [5, 5.41) is 17.6. The zero-order chi connectivity index (χ0) is 15.1. The van der Waals surface area contributed by atoms with Crippen LogP contribution in [-0.4, -0.2) is 36.1 Å². The van der Waals surface area contributed by atoms with Crippen LogP contribution in [0.1, 0.15) is 28.4 Å². The van der Waals surface area contributed by atoms with Gasteiger partial charge >= 0.3 is 0 Å². The summed E-state index contributed by atoms with van der Waals surface area (Å²) in [4.78, 5) is 13.9. The van der Waals surface area contributed by atoms with E-state index in [1.165, 1.54) is 4.90 Å². The first kappa shape index (κ1) is 15.8. The number of rotatable bonds is 3. The van der Waals surface area contributed by atoms with Gasteiger partial charge in [-0.3, -0.25) is 4.79 Å². The molecule has 1 rings (SSSR count). The zero-order valence-electron chi connectivity index (χ0n) is 12.0. The molecule has 0 aromatic heterocycles. The summed E-state index contributed by atoms with van der Waals surface area (Å²) < 4.78 is 0. The highest BCUT2D eigenvalue weighted by molar-refractivity contribution is 5.96. The molecule has 1 unspecified atom stereocenters. The van der Waals surface area contributed by atoms with Gasteiger partial charge in [-0.25, -0.2) is 0 Å². The van der Waals surface area contributed by atoms with Gasteiger partial charge in [-0.15, -0.1) is 0 Å². The fourth-order valence-corrected chi connectivity index (χ4v) is 1.82. The summed E-state index contributed by atoms with van der Waals surface area (Å²) in [5.74, 6) is 4.96. The van der Waals surface area contributed by atoms with Crippen LogP contribution >= 0.6 is 0 Å². The average Bonchev–Trinajstić information content (AvgIpc) is 2.44. The Morgan fingerprint density at radius 1 is 1.50 bits per heavy atom. The number of nitrogens with zero attached hydrogens (tertiary/aromatic N) is 2. The second kappa shape index (κ2) is 7.33. The molecule has 0 heterocycles. The third-order valence-corrected chi connectivity index (χ3v) is 2.82. The maximum Gasteiger partial charge on any atom is 0.254 e. The van der Waals surface area contributed by atoms with Crippen molar-refractivity contribution >= 4 is 5.91 Å². The molecule has 20 heavy (non-hydrogen) atoms. The predicted molar refractivity (Wildman–Crippen MR) is 76.9 cm³/mol. The van der Waals surface area contributed by atoms with Crippen molar-refractivity contribution in [2.75, 3.05) is 20.2 Å². The summed E-state index contributed by atoms with van der Waals surface area (Å²) in [6.45, 7) is 3.81. The molecular weight excluding hydrogens is 252 g/mol. The Morgan fingerprint density at radius 3 is 2.80 bits per heavy atom. The van der Waals surface area contributed by atoms with E-state index >= 15 is 0 Å². The first-order chi connectivity index (χ1) is 9.49. The Hall–Kier alpha value is -2.30. The standard InChI is InChI=1S/C16H18N2O2/c1-12-6-7-15(14(9-12)5-4-8-19)16(20)18(3)11-13(2)10-17/h6-7,9,13,19H,8,11H2,1-3H3. The molecule has 0 fully saturated rings. The zero-order valence-corrected chi connectivity index (χ0v) is 12.0. The molecule has 104 valence electrons. The minimum atomic E-state index is -0.247. The van der Waals surface area contributed by atoms with Crippen LogP contribution in [0.4, 0.5) is 0 Å². The van der Waals surface area contributed by atoms with Crippen LogP contribution in [0.2, 0.25) is 0 Å². The number of aliphatic hydroxyl groups excluding tert-OH is 1. The van der Waals surface area contributed by atoms with Crippen molar-refractivity contribution in [2.24, 2.45) is 5.92 Å². The highest BCUT2D eigenvalue weighted by atomic mass is 16.2. The Morgan fingerprint density at radius 2 is 2.20 bits per heavy atom. The van der Waals surface area contributed by atoms with E-state index in [9.17, 15) is 4.79 Å². The number of nitriles is 1. The number of aryl methyl sites for hydroxylation is 1. The molecule has 0 spiro atoms. The summed E-state index contributed by atoms with van der Waals surface area (Å²) in [7, 11) is 1.67. The normalized spacial score (nSPS) is 10.9. The number of carbonyl (C=O) groups excluding carboxylic acids is 1. The first-order valence-corrected chi connectivity index (χ1v) is 6.35. The van der Waals surface area contributed by atoms with Crippen molar-refractivity contribution in [1.29, 1.82) is 5.26 Å². The smallest absolute Gasteiger partial charge is 0.254 e. The average molecular weight is 270 g/mol. The van der Waals surface area contributed by atoms with Gasteiger partial charge in [-0.2, -0.15) is 5.26 Å². The van der Waals surface area contributed by atoms with Gasteiger partial charge in [0.2, 0.25) is 0 Å². The Balaban J connectivity index is 3.06. The van der Waals surface area contributed by atoms with Gasteiger partial charge in [0.15, 0.2) is 0 Å². The lowest BCUT2D eigenvalue weighted by atomic mass is 10.0. The molecule has 0 aliphatic rings. The van der Waals surface area contributed by atoms with Crippen molar-refractivity contribution < 1.29 is 9.90 Å². The fraction of sp³-hybridized carbons (Fsp3) is 0.375. The molecule has 0 aliphatic carbocycles. The highest BCUT2D eigenvalue weighted by Gasteiger charge is 2.17. The van der Waals surface area contributed by atoms with Crippen molar-refractivity contribution in [1.82, 2.24) is 4.90 Å². The molecule has 0 bridgehead atoms. The summed E-state index contributed by atoms with van der Waals surface area (Å²) in [6.07, 6.45) is 0. The van der Waals surface area contributed by atoms with E-state index < -0.39 is 0 Å². The van der Waals surface area contributed by atoms with Crippen LogP contribution in [0, 0.1) is 36.0 Å². The van der Waals surface area contributed by atoms with Crippen LogP contribution in [0.15, 0.2) is 18.2 Å². The van der Waals surface area contributed by atoms with Crippen molar-refractivity contribution in [3.05, 3.63) is 34.9 Å². The summed E-state index contributed by atoms with van der Waals surface area (Å²) >= 11 is 0. The number of hydrogen-bond donors (Lipinski definition) is 1. The molecule has 4 nitrogen and oxygen atoms in total. The Kier molecular flexibility index (Phi) is 5.77. The molecule has 1 amide bonds. The molecule has 0 aliphatic heterocycles. The minimum Gasteiger partial charge on any atom is -0.384 e. The number of benzene rings is 1. The van der Waals surface area contributed by atoms with E-state index in [-0.39, 0.29) is 18.4 Å². The van der Waals surface area contributed by atoms with Gasteiger partial charge in [-0.1, -0.05) is 17.9 Å². The molecule has 1 N–H and O–H groups in total. The maximum absolute atomic E-state index is 12.4. The van der Waals surface area contributed by atoms with E-state index in [0.29, 0.717) is 17.7 Å². The van der Waals surface area contributed by atoms with Gasteiger partial charge in [-0.05, 0) is 31.5 Å². The lowest BCUT2D eigenvalue weighted by Gasteiger charge is -2.19. The molecule has 1 atom stereocenters. The molecule has 1 aromatic carbocycles. The third kappa shape index (κ3) is 4.12. The highest BCUT2D eigenvalue weighted by Crippen LogP contribution is 2.13. The van der Waals surface area contributed by atoms with Crippen molar-refractivity contribution in [2.45, 2.75) is 13.8 Å². The summed E-state index contributed by atoms with van der Waals surface area (Å²) in [6, 6.07) is 7.50. The largest absolute Gasteiger partial charge is 0.384 e. The van der Waals surface area contributed by atoms with E-state index in [0.717, 1.165) is 5.56 Å². The van der Waals surface area contributed by atoms with E-state index in [1.54, 1.807) is 20.0 Å². The number of amides is 1. The molecule has 4 heteroatoms. The third-order valence-electron chi connectivity index (χ3n) is 2.82. The molecule has 0 saturated heterocycles. The number of aliphatic hydroxyl groups is 1. The SMILES string of the molecule is Cc1ccc(C(=O)N(C)CC(C)C#N)c(C#CCO)c1. The van der Waals surface area contributed by atoms with Crippen LogP contribution in [0.25, 0.3) is 0 Å². The quantitative estimate of drug-likeness (QED) is 0.848. The lowest BCUT2D eigenvalue weighted by molar-refractivity contribution is 0.0785. The van der Waals surface area contributed by atoms with Gasteiger partial charge < -0.3 is 10.0 Å². The molecule has 0 saturated carbocycles. The number of carbonyl (C=O) groups is 1. The second-order valence-corrected chi connectivity index (χ2v) is 4.72. The maximum atomic E-state index is 12.4. The van der Waals surface area contributed by atoms with Crippen LogP contribution < -0.4 is 0 Å². The van der Waals surface area contributed by atoms with Crippen molar-refractivity contribution in [3.8, 4) is 17.9 Å². The van der Waals surface area contributed by atoms with Crippen LogP contribution in [0.3, 0.4) is 0 Å². The Labute approximate surface area is 119 Å².